The van der Waals surface area contributed by atoms with Gasteiger partial charge in [-0.1, -0.05) is 12.1 Å². The zero-order valence-corrected chi connectivity index (χ0v) is 15.4. The molecule has 4 rings (SSSR count). The van der Waals surface area contributed by atoms with Gasteiger partial charge in [0.15, 0.2) is 5.78 Å². The molecule has 0 bridgehead atoms. The summed E-state index contributed by atoms with van der Waals surface area (Å²) in [5, 5.41) is 2.59. The van der Waals surface area contributed by atoms with Gasteiger partial charge in [0, 0.05) is 36.3 Å². The minimum atomic E-state index is -0.597. The third-order valence-corrected chi connectivity index (χ3v) is 5.40. The van der Waals surface area contributed by atoms with Crippen molar-refractivity contribution in [2.75, 3.05) is 13.6 Å². The molecule has 6 heteroatoms. The fourth-order valence-electron chi connectivity index (χ4n) is 4.30. The van der Waals surface area contributed by atoms with Crippen LogP contribution in [0.2, 0.25) is 0 Å². The molecule has 2 aliphatic carbocycles. The van der Waals surface area contributed by atoms with Gasteiger partial charge < -0.3 is 10.1 Å². The number of carbonyl (C=O) groups is 3. The maximum absolute atomic E-state index is 12.8. The van der Waals surface area contributed by atoms with Gasteiger partial charge in [-0.25, -0.2) is 4.79 Å². The summed E-state index contributed by atoms with van der Waals surface area (Å²) in [4.78, 5) is 39.2. The number of hydrogen-bond donors (Lipinski definition) is 1. The van der Waals surface area contributed by atoms with Crippen LogP contribution in [0.4, 0.5) is 4.79 Å². The van der Waals surface area contributed by atoms with Crippen molar-refractivity contribution in [1.29, 1.82) is 0 Å². The lowest BCUT2D eigenvalue weighted by atomic mass is 9.79. The first-order valence-electron chi connectivity index (χ1n) is 8.81. The molecule has 1 aromatic carbocycles. The monoisotopic (exact) mass is 354 g/mol. The second-order valence-corrected chi connectivity index (χ2v) is 8.16. The molecular weight excluding hydrogens is 332 g/mol. The molecule has 2 atom stereocenters. The molecule has 2 unspecified atom stereocenters. The highest BCUT2D eigenvalue weighted by molar-refractivity contribution is 6.15. The average molecular weight is 354 g/mol. The largest absolute Gasteiger partial charge is 0.443 e. The summed E-state index contributed by atoms with van der Waals surface area (Å²) in [5.74, 6) is -0.253. The predicted molar refractivity (Wildman–Crippen MR) is 95.0 cm³/mol. The molecule has 0 aromatic heterocycles. The maximum atomic E-state index is 12.8. The van der Waals surface area contributed by atoms with Crippen molar-refractivity contribution in [2.45, 2.75) is 38.2 Å². The van der Waals surface area contributed by atoms with Gasteiger partial charge in [-0.05, 0) is 44.7 Å². The molecule has 1 heterocycles. The standard InChI is InChI=1S/C20H22N2O4/c1-19(2,3)26-18(25)22-10-11-9-20(11)13-7-5-6-12(17(24)21-4)16(13)14(23)8-15(20)22/h5-8,11H,9-10H2,1-4H3,(H,21,24). The van der Waals surface area contributed by atoms with Crippen LogP contribution in [0.1, 0.15) is 53.5 Å². The van der Waals surface area contributed by atoms with Crippen molar-refractivity contribution < 1.29 is 19.1 Å². The molecule has 1 saturated heterocycles. The Balaban J connectivity index is 1.78. The van der Waals surface area contributed by atoms with Crippen LogP contribution in [0, 0.1) is 5.92 Å². The number of nitrogens with zero attached hydrogens (tertiary/aromatic N) is 1. The zero-order valence-electron chi connectivity index (χ0n) is 15.4. The molecule has 1 N–H and O–H groups in total. The Morgan fingerprint density at radius 2 is 2.04 bits per heavy atom. The number of rotatable bonds is 1. The Kier molecular flexibility index (Phi) is 3.36. The van der Waals surface area contributed by atoms with Crippen LogP contribution in [0.25, 0.3) is 0 Å². The smallest absolute Gasteiger partial charge is 0.414 e. The number of amides is 2. The van der Waals surface area contributed by atoms with Crippen LogP contribution in [0.15, 0.2) is 30.0 Å². The van der Waals surface area contributed by atoms with Crippen LogP contribution < -0.4 is 5.32 Å². The Labute approximate surface area is 152 Å². The Morgan fingerprint density at radius 1 is 1.31 bits per heavy atom. The molecule has 1 saturated carbocycles. The number of fused-ring (bicyclic) bond motifs is 1. The van der Waals surface area contributed by atoms with E-state index in [1.54, 1.807) is 24.1 Å². The number of allylic oxidation sites excluding steroid dienone is 2. The Bertz CT molecular complexity index is 880. The molecular formula is C20H22N2O4. The van der Waals surface area contributed by atoms with Crippen LogP contribution >= 0.6 is 0 Å². The molecule has 136 valence electrons. The van der Waals surface area contributed by atoms with E-state index in [-0.39, 0.29) is 23.0 Å². The van der Waals surface area contributed by atoms with Gasteiger partial charge in [0.1, 0.15) is 5.60 Å². The summed E-state index contributed by atoms with van der Waals surface area (Å²) >= 11 is 0. The number of benzene rings is 1. The van der Waals surface area contributed by atoms with Crippen LogP contribution in [-0.2, 0) is 10.2 Å². The second kappa shape index (κ2) is 5.19. The summed E-state index contributed by atoms with van der Waals surface area (Å²) in [6.07, 6.45) is 1.98. The molecule has 26 heavy (non-hydrogen) atoms. The topological polar surface area (TPSA) is 75.7 Å². The van der Waals surface area contributed by atoms with Crippen LogP contribution in [0.3, 0.4) is 0 Å². The van der Waals surface area contributed by atoms with E-state index in [2.05, 4.69) is 5.32 Å². The molecule has 1 spiro atoms. The van der Waals surface area contributed by atoms with Crippen molar-refractivity contribution >= 4 is 17.8 Å². The van der Waals surface area contributed by atoms with E-state index in [1.165, 1.54) is 6.08 Å². The van der Waals surface area contributed by atoms with Gasteiger partial charge in [0.25, 0.3) is 5.91 Å². The molecule has 0 radical (unpaired) electrons. The Morgan fingerprint density at radius 3 is 2.69 bits per heavy atom. The first kappa shape index (κ1) is 16.8. The van der Waals surface area contributed by atoms with Crippen LogP contribution in [0.5, 0.6) is 0 Å². The number of hydrogen-bond acceptors (Lipinski definition) is 4. The average Bonchev–Trinajstić information content (AvgIpc) is 3.20. The zero-order chi connectivity index (χ0) is 18.9. The SMILES string of the molecule is CNC(=O)c1cccc2c1C(=O)C=C1N(C(=O)OC(C)(C)C)CC3CC123. The fraction of sp³-hybridized carbons (Fsp3) is 0.450. The maximum Gasteiger partial charge on any atom is 0.414 e. The van der Waals surface area contributed by atoms with Gasteiger partial charge >= 0.3 is 6.09 Å². The van der Waals surface area contributed by atoms with Gasteiger partial charge in [-0.2, -0.15) is 0 Å². The number of carbonyl (C=O) groups excluding carboxylic acids is 3. The van der Waals surface area contributed by atoms with E-state index >= 15 is 0 Å². The number of ether oxygens (including phenoxy) is 1. The van der Waals surface area contributed by atoms with E-state index in [1.807, 2.05) is 26.8 Å². The minimum Gasteiger partial charge on any atom is -0.443 e. The normalized spacial score (nSPS) is 25.7. The number of nitrogens with one attached hydrogen (secondary N) is 1. The van der Waals surface area contributed by atoms with E-state index in [4.69, 9.17) is 4.74 Å². The first-order chi connectivity index (χ1) is 12.2. The van der Waals surface area contributed by atoms with E-state index in [9.17, 15) is 14.4 Å². The third kappa shape index (κ3) is 2.21. The highest BCUT2D eigenvalue weighted by atomic mass is 16.6. The van der Waals surface area contributed by atoms with E-state index in [0.29, 0.717) is 23.4 Å². The fourth-order valence-corrected chi connectivity index (χ4v) is 4.30. The predicted octanol–water partition coefficient (Wildman–Crippen LogP) is 2.63. The van der Waals surface area contributed by atoms with E-state index in [0.717, 1.165) is 12.0 Å². The summed E-state index contributed by atoms with van der Waals surface area (Å²) in [6, 6.07) is 5.38. The highest BCUT2D eigenvalue weighted by Gasteiger charge is 2.67. The second-order valence-electron chi connectivity index (χ2n) is 8.16. The molecule has 3 aliphatic rings. The lowest BCUT2D eigenvalue weighted by Crippen LogP contribution is -2.38. The van der Waals surface area contributed by atoms with Gasteiger partial charge in [0.05, 0.1) is 5.56 Å². The van der Waals surface area contributed by atoms with Crippen molar-refractivity contribution in [3.8, 4) is 0 Å². The lowest BCUT2D eigenvalue weighted by molar-refractivity contribution is 0.0322. The number of likely N-dealkylation sites (tertiary alicyclic amines) is 1. The lowest BCUT2D eigenvalue weighted by Gasteiger charge is -2.31. The number of ketones is 1. The van der Waals surface area contributed by atoms with Crippen molar-refractivity contribution in [2.24, 2.45) is 5.92 Å². The summed E-state index contributed by atoms with van der Waals surface area (Å²) in [7, 11) is 1.55. The van der Waals surface area contributed by atoms with Gasteiger partial charge in [-0.3, -0.25) is 14.5 Å². The van der Waals surface area contributed by atoms with Gasteiger partial charge in [-0.15, -0.1) is 0 Å². The first-order valence-corrected chi connectivity index (χ1v) is 8.81. The minimum absolute atomic E-state index is 0.235. The van der Waals surface area contributed by atoms with Crippen molar-refractivity contribution in [3.63, 3.8) is 0 Å². The molecule has 2 fully saturated rings. The highest BCUT2D eigenvalue weighted by Crippen LogP contribution is 2.66. The molecule has 6 nitrogen and oxygen atoms in total. The molecule has 2 amide bonds. The molecule has 1 aromatic rings. The van der Waals surface area contributed by atoms with E-state index < -0.39 is 11.7 Å². The van der Waals surface area contributed by atoms with Crippen LogP contribution in [-0.4, -0.2) is 41.9 Å². The van der Waals surface area contributed by atoms with Gasteiger partial charge in [0.2, 0.25) is 0 Å². The molecule has 1 aliphatic heterocycles. The summed E-state index contributed by atoms with van der Waals surface area (Å²) < 4.78 is 5.51. The Hall–Kier alpha value is -2.63. The summed E-state index contributed by atoms with van der Waals surface area (Å²) in [5.41, 5.74) is 1.48. The quantitative estimate of drug-likeness (QED) is 0.841. The third-order valence-electron chi connectivity index (χ3n) is 5.40. The van der Waals surface area contributed by atoms with Crippen molar-refractivity contribution in [3.05, 3.63) is 46.7 Å². The number of piperidine rings is 1. The van der Waals surface area contributed by atoms with Crippen molar-refractivity contribution in [1.82, 2.24) is 10.2 Å². The summed E-state index contributed by atoms with van der Waals surface area (Å²) in [6.45, 7) is 6.01.